The number of hydrogen-bond acceptors (Lipinski definition) is 3. The van der Waals surface area contributed by atoms with Gasteiger partial charge in [0.1, 0.15) is 11.5 Å². The molecular formula is C20H24O3. The molecule has 2 aromatic carbocycles. The van der Waals surface area contributed by atoms with Crippen LogP contribution in [0.2, 0.25) is 0 Å². The van der Waals surface area contributed by atoms with Crippen molar-refractivity contribution in [2.75, 3.05) is 0 Å². The molecule has 3 nitrogen and oxygen atoms in total. The second-order valence-corrected chi connectivity index (χ2v) is 6.91. The van der Waals surface area contributed by atoms with Crippen LogP contribution in [0.3, 0.4) is 0 Å². The van der Waals surface area contributed by atoms with Crippen LogP contribution in [-0.4, -0.2) is 11.1 Å². The van der Waals surface area contributed by atoms with E-state index in [9.17, 15) is 9.90 Å². The van der Waals surface area contributed by atoms with Crippen molar-refractivity contribution in [1.29, 1.82) is 0 Å². The molecule has 0 radical (unpaired) electrons. The Kier molecular flexibility index (Phi) is 4.79. The van der Waals surface area contributed by atoms with Crippen LogP contribution in [-0.2, 0) is 16.6 Å². The van der Waals surface area contributed by atoms with E-state index in [0.717, 1.165) is 22.3 Å². The second kappa shape index (κ2) is 6.45. The van der Waals surface area contributed by atoms with E-state index < -0.39 is 0 Å². The van der Waals surface area contributed by atoms with E-state index in [1.54, 1.807) is 12.1 Å². The molecule has 0 heterocycles. The molecular weight excluding hydrogens is 288 g/mol. The first-order chi connectivity index (χ1) is 10.7. The zero-order chi connectivity index (χ0) is 17.2. The lowest BCUT2D eigenvalue weighted by Gasteiger charge is -2.24. The molecule has 23 heavy (non-hydrogen) atoms. The van der Waals surface area contributed by atoms with E-state index >= 15 is 0 Å². The molecule has 0 unspecified atom stereocenters. The van der Waals surface area contributed by atoms with E-state index in [2.05, 4.69) is 20.8 Å². The van der Waals surface area contributed by atoms with E-state index in [0.29, 0.717) is 5.75 Å². The predicted octanol–water partition coefficient (Wildman–Crippen LogP) is 4.45. The number of carbonyl (C=O) groups excluding carboxylic acids is 1. The maximum atomic E-state index is 12.2. The highest BCUT2D eigenvalue weighted by Gasteiger charge is 2.23. The van der Waals surface area contributed by atoms with Crippen molar-refractivity contribution in [2.24, 2.45) is 0 Å². The van der Waals surface area contributed by atoms with Gasteiger partial charge >= 0.3 is 5.97 Å². The minimum absolute atomic E-state index is 0.143. The number of benzene rings is 2. The summed E-state index contributed by atoms with van der Waals surface area (Å²) < 4.78 is 5.35. The molecule has 2 rings (SSSR count). The number of phenolic OH excluding ortho intramolecular Hbond substituents is 1. The number of aryl methyl sites for hydroxylation is 1. The molecule has 0 aromatic heterocycles. The molecule has 0 atom stereocenters. The van der Waals surface area contributed by atoms with Gasteiger partial charge in [-0.1, -0.05) is 45.0 Å². The molecule has 0 saturated heterocycles. The van der Waals surface area contributed by atoms with Gasteiger partial charge < -0.3 is 9.84 Å². The third kappa shape index (κ3) is 3.92. The molecule has 0 aliphatic heterocycles. The normalized spacial score (nSPS) is 11.3. The summed E-state index contributed by atoms with van der Waals surface area (Å²) in [6.45, 7) is 9.99. The van der Waals surface area contributed by atoms with Crippen molar-refractivity contribution in [1.82, 2.24) is 0 Å². The largest absolute Gasteiger partial charge is 0.507 e. The van der Waals surface area contributed by atoms with Crippen LogP contribution in [0.1, 0.15) is 43.0 Å². The molecule has 0 spiro atoms. The summed E-state index contributed by atoms with van der Waals surface area (Å²) in [5, 5.41) is 10.5. The van der Waals surface area contributed by atoms with E-state index in [-0.39, 0.29) is 23.6 Å². The number of esters is 1. The lowest BCUT2D eigenvalue weighted by atomic mass is 9.82. The van der Waals surface area contributed by atoms with Crippen LogP contribution in [0.4, 0.5) is 0 Å². The Hall–Kier alpha value is -2.29. The first-order valence-electron chi connectivity index (χ1n) is 7.78. The third-order valence-electron chi connectivity index (χ3n) is 4.00. The number of aromatic hydroxyl groups is 1. The molecule has 0 saturated carbocycles. The molecule has 0 aliphatic carbocycles. The van der Waals surface area contributed by atoms with Crippen molar-refractivity contribution in [3.8, 4) is 11.5 Å². The fourth-order valence-electron chi connectivity index (χ4n) is 2.66. The number of carbonyl (C=O) groups is 1. The smallest absolute Gasteiger partial charge is 0.315 e. The first kappa shape index (κ1) is 17.1. The van der Waals surface area contributed by atoms with Gasteiger partial charge in [-0.15, -0.1) is 0 Å². The quantitative estimate of drug-likeness (QED) is 0.672. The first-order valence-corrected chi connectivity index (χ1v) is 7.78. The van der Waals surface area contributed by atoms with Crippen LogP contribution in [0.15, 0.2) is 36.4 Å². The summed E-state index contributed by atoms with van der Waals surface area (Å²) in [4.78, 5) is 12.2. The van der Waals surface area contributed by atoms with Crippen LogP contribution < -0.4 is 4.74 Å². The van der Waals surface area contributed by atoms with Crippen molar-refractivity contribution < 1.29 is 14.6 Å². The maximum absolute atomic E-state index is 12.2. The highest BCUT2D eigenvalue weighted by molar-refractivity contribution is 5.76. The van der Waals surface area contributed by atoms with Crippen molar-refractivity contribution in [3.05, 3.63) is 58.7 Å². The van der Waals surface area contributed by atoms with Gasteiger partial charge in [0.2, 0.25) is 0 Å². The number of rotatable bonds is 3. The summed E-state index contributed by atoms with van der Waals surface area (Å²) in [5.74, 6) is 0.472. The minimum Gasteiger partial charge on any atom is -0.507 e. The SMILES string of the molecule is Cc1cc(C(C)(C)C)c(O)c(C)c1CC(=O)Oc1ccccc1. The summed E-state index contributed by atoms with van der Waals surface area (Å²) in [6.07, 6.45) is 0.143. The maximum Gasteiger partial charge on any atom is 0.315 e. The topological polar surface area (TPSA) is 46.5 Å². The van der Waals surface area contributed by atoms with Crippen molar-refractivity contribution in [3.63, 3.8) is 0 Å². The number of ether oxygens (including phenoxy) is 1. The zero-order valence-corrected chi connectivity index (χ0v) is 14.4. The van der Waals surface area contributed by atoms with Gasteiger partial charge in [0.25, 0.3) is 0 Å². The fourth-order valence-corrected chi connectivity index (χ4v) is 2.66. The average Bonchev–Trinajstić information content (AvgIpc) is 2.47. The van der Waals surface area contributed by atoms with Gasteiger partial charge in [0, 0.05) is 0 Å². The highest BCUT2D eigenvalue weighted by Crippen LogP contribution is 2.36. The lowest BCUT2D eigenvalue weighted by Crippen LogP contribution is -2.16. The monoisotopic (exact) mass is 312 g/mol. The van der Waals surface area contributed by atoms with Crippen LogP contribution in [0.25, 0.3) is 0 Å². The summed E-state index contributed by atoms with van der Waals surface area (Å²) in [6, 6.07) is 11.0. The highest BCUT2D eigenvalue weighted by atomic mass is 16.5. The third-order valence-corrected chi connectivity index (χ3v) is 4.00. The van der Waals surface area contributed by atoms with E-state index in [4.69, 9.17) is 4.74 Å². The Morgan fingerprint density at radius 1 is 1.13 bits per heavy atom. The Labute approximate surface area is 137 Å². The molecule has 1 N–H and O–H groups in total. The number of hydrogen-bond donors (Lipinski definition) is 1. The molecule has 0 amide bonds. The molecule has 3 heteroatoms. The van der Waals surface area contributed by atoms with Crippen molar-refractivity contribution >= 4 is 5.97 Å². The zero-order valence-electron chi connectivity index (χ0n) is 14.4. The van der Waals surface area contributed by atoms with Gasteiger partial charge in [-0.25, -0.2) is 0 Å². The van der Waals surface area contributed by atoms with Gasteiger partial charge in [-0.05, 0) is 53.6 Å². The molecule has 122 valence electrons. The molecule has 0 fully saturated rings. The van der Waals surface area contributed by atoms with Crippen LogP contribution in [0, 0.1) is 13.8 Å². The Morgan fingerprint density at radius 3 is 2.30 bits per heavy atom. The second-order valence-electron chi connectivity index (χ2n) is 6.91. The minimum atomic E-state index is -0.328. The van der Waals surface area contributed by atoms with E-state index in [1.165, 1.54) is 0 Å². The molecule has 0 aliphatic rings. The lowest BCUT2D eigenvalue weighted by molar-refractivity contribution is -0.133. The predicted molar refractivity (Wildman–Crippen MR) is 92.1 cm³/mol. The Morgan fingerprint density at radius 2 is 1.74 bits per heavy atom. The Balaban J connectivity index is 2.27. The average molecular weight is 312 g/mol. The van der Waals surface area contributed by atoms with Gasteiger partial charge in [-0.3, -0.25) is 4.79 Å². The summed E-state index contributed by atoms with van der Waals surface area (Å²) in [5.41, 5.74) is 3.32. The summed E-state index contributed by atoms with van der Waals surface area (Å²) in [7, 11) is 0. The summed E-state index contributed by atoms with van der Waals surface area (Å²) >= 11 is 0. The number of phenols is 1. The van der Waals surface area contributed by atoms with E-state index in [1.807, 2.05) is 38.1 Å². The standard InChI is InChI=1S/C20H24O3/c1-13-11-17(20(3,4)5)19(22)14(2)16(13)12-18(21)23-15-9-7-6-8-10-15/h6-11,22H,12H2,1-5H3. The van der Waals surface area contributed by atoms with Gasteiger partial charge in [0.15, 0.2) is 0 Å². The van der Waals surface area contributed by atoms with Crippen molar-refractivity contribution in [2.45, 2.75) is 46.5 Å². The molecule has 2 aromatic rings. The Bertz CT molecular complexity index is 710. The fraction of sp³-hybridized carbons (Fsp3) is 0.350. The van der Waals surface area contributed by atoms with Gasteiger partial charge in [-0.2, -0.15) is 0 Å². The van der Waals surface area contributed by atoms with Crippen LogP contribution >= 0.6 is 0 Å². The van der Waals surface area contributed by atoms with Crippen LogP contribution in [0.5, 0.6) is 11.5 Å². The number of para-hydroxylation sites is 1. The van der Waals surface area contributed by atoms with Gasteiger partial charge in [0.05, 0.1) is 6.42 Å². The molecule has 0 bridgehead atoms.